The number of carbonyl (C=O) groups excluding carboxylic acids is 1. The highest BCUT2D eigenvalue weighted by atomic mass is 32.2. The number of aromatic carboxylic acids is 1. The Morgan fingerprint density at radius 1 is 1.19 bits per heavy atom. The van der Waals surface area contributed by atoms with E-state index in [2.05, 4.69) is 4.98 Å². The molecule has 0 fully saturated rings. The molecule has 0 radical (unpaired) electrons. The first kappa shape index (κ1) is 18.6. The molecule has 27 heavy (non-hydrogen) atoms. The van der Waals surface area contributed by atoms with Gasteiger partial charge in [-0.1, -0.05) is 0 Å². The first-order chi connectivity index (χ1) is 12.8. The smallest absolute Gasteiger partial charge is 0.264 e. The van der Waals surface area contributed by atoms with Crippen LogP contribution in [0, 0.1) is 5.82 Å². The highest BCUT2D eigenvalue weighted by Crippen LogP contribution is 2.25. The van der Waals surface area contributed by atoms with Crippen molar-refractivity contribution in [3.8, 4) is 0 Å². The third-order valence-corrected chi connectivity index (χ3v) is 5.96. The molecule has 1 heterocycles. The summed E-state index contributed by atoms with van der Waals surface area (Å²) in [6.45, 7) is 1.68. The lowest BCUT2D eigenvalue weighted by Crippen LogP contribution is -2.31. The first-order valence-electron chi connectivity index (χ1n) is 7.91. The summed E-state index contributed by atoms with van der Waals surface area (Å²) < 4.78 is 40.2. The molecule has 3 rings (SSSR count). The minimum atomic E-state index is -4.06. The Hall–Kier alpha value is -3.20. The molecule has 0 saturated carbocycles. The molecule has 0 aliphatic heterocycles. The van der Waals surface area contributed by atoms with Gasteiger partial charge in [0, 0.05) is 23.6 Å². The van der Waals surface area contributed by atoms with Gasteiger partial charge in [0.25, 0.3) is 10.0 Å². The maximum Gasteiger partial charge on any atom is 0.264 e. The molecule has 7 nitrogen and oxygen atoms in total. The number of anilines is 1. The van der Waals surface area contributed by atoms with Crippen molar-refractivity contribution in [3.63, 3.8) is 0 Å². The van der Waals surface area contributed by atoms with Gasteiger partial charge in [-0.3, -0.25) is 9.10 Å². The summed E-state index contributed by atoms with van der Waals surface area (Å²) >= 11 is 0. The average molecular weight is 389 g/mol. The number of aromatic nitrogens is 1. The largest absolute Gasteiger partial charge is 0.545 e. The van der Waals surface area contributed by atoms with Gasteiger partial charge in [-0.2, -0.15) is 0 Å². The van der Waals surface area contributed by atoms with E-state index in [-0.39, 0.29) is 28.0 Å². The number of pyridine rings is 1. The number of rotatable bonds is 5. The van der Waals surface area contributed by atoms with Crippen molar-refractivity contribution < 1.29 is 22.7 Å². The number of carboxylic acid groups (broad SMARTS) is 1. The van der Waals surface area contributed by atoms with Crippen LogP contribution in [0.2, 0.25) is 0 Å². The number of nitrogens with one attached hydrogen (secondary N) is 1. The van der Waals surface area contributed by atoms with Crippen molar-refractivity contribution in [2.75, 3.05) is 10.8 Å². The van der Waals surface area contributed by atoms with E-state index in [1.54, 1.807) is 6.92 Å². The van der Waals surface area contributed by atoms with Gasteiger partial charge in [-0.25, -0.2) is 12.8 Å². The topological polar surface area (TPSA) is 110 Å². The normalized spacial score (nSPS) is 11.5. The number of fused-ring (bicyclic) bond motifs is 1. The van der Waals surface area contributed by atoms with Gasteiger partial charge in [-0.15, -0.1) is 0 Å². The standard InChI is InChI=1S/C18H15FN2O5S/c1-2-21(12-5-3-11(19)4-6-12)27(25,26)13-7-8-16-14(9-13)17(22)15(10-20-16)18(23)24/h3-10H,2H2,1H3,(H,20,22)(H,23,24)/p-1. The maximum absolute atomic E-state index is 13.1. The van der Waals surface area contributed by atoms with E-state index in [0.29, 0.717) is 0 Å². The molecular weight excluding hydrogens is 375 g/mol. The van der Waals surface area contributed by atoms with E-state index in [4.69, 9.17) is 0 Å². The number of carboxylic acids is 1. The Kier molecular flexibility index (Phi) is 4.71. The van der Waals surface area contributed by atoms with Gasteiger partial charge in [0.15, 0.2) is 5.43 Å². The van der Waals surface area contributed by atoms with Crippen molar-refractivity contribution >= 4 is 32.6 Å². The van der Waals surface area contributed by atoms with Crippen LogP contribution >= 0.6 is 0 Å². The minimum Gasteiger partial charge on any atom is -0.545 e. The van der Waals surface area contributed by atoms with E-state index < -0.39 is 32.8 Å². The monoisotopic (exact) mass is 389 g/mol. The second kappa shape index (κ2) is 6.84. The minimum absolute atomic E-state index is 0.0709. The van der Waals surface area contributed by atoms with Crippen LogP contribution in [0.1, 0.15) is 17.3 Å². The molecule has 0 bridgehead atoms. The zero-order chi connectivity index (χ0) is 19.8. The molecule has 2 aromatic carbocycles. The summed E-state index contributed by atoms with van der Waals surface area (Å²) in [5, 5.41) is 10.9. The van der Waals surface area contributed by atoms with Crippen LogP contribution < -0.4 is 14.8 Å². The molecule has 0 amide bonds. The Balaban J connectivity index is 2.17. The van der Waals surface area contributed by atoms with Crippen molar-refractivity contribution in [2.24, 2.45) is 0 Å². The van der Waals surface area contributed by atoms with E-state index in [1.807, 2.05) is 0 Å². The molecule has 1 aromatic heterocycles. The summed E-state index contributed by atoms with van der Waals surface area (Å²) in [4.78, 5) is 25.8. The quantitative estimate of drug-likeness (QED) is 0.706. The third kappa shape index (κ3) is 3.28. The third-order valence-electron chi connectivity index (χ3n) is 4.06. The molecule has 3 aromatic rings. The molecule has 9 heteroatoms. The number of benzene rings is 2. The van der Waals surface area contributed by atoms with Crippen LogP contribution in [0.5, 0.6) is 0 Å². The molecule has 140 valence electrons. The van der Waals surface area contributed by atoms with Gasteiger partial charge in [0.05, 0.1) is 22.1 Å². The van der Waals surface area contributed by atoms with Crippen LogP contribution in [-0.4, -0.2) is 25.9 Å². The number of carbonyl (C=O) groups is 1. The SMILES string of the molecule is CCN(c1ccc(F)cc1)S(=O)(=O)c1ccc2[nH]cc(C(=O)[O-])c(=O)c2c1. The van der Waals surface area contributed by atoms with Crippen molar-refractivity contribution in [1.82, 2.24) is 4.98 Å². The Morgan fingerprint density at radius 3 is 2.44 bits per heavy atom. The molecular formula is C18H14FN2O5S-. The summed E-state index contributed by atoms with van der Waals surface area (Å²) in [7, 11) is -4.06. The molecule has 0 aliphatic rings. The van der Waals surface area contributed by atoms with E-state index in [0.717, 1.165) is 28.7 Å². The average Bonchev–Trinajstić information content (AvgIpc) is 2.63. The number of aromatic amines is 1. The zero-order valence-corrected chi connectivity index (χ0v) is 14.9. The number of hydrogen-bond donors (Lipinski definition) is 1. The predicted octanol–water partition coefficient (Wildman–Crippen LogP) is 1.25. The van der Waals surface area contributed by atoms with Crippen LogP contribution in [0.15, 0.2) is 58.4 Å². The maximum atomic E-state index is 13.1. The fraction of sp³-hybridized carbons (Fsp3) is 0.111. The van der Waals surface area contributed by atoms with Gasteiger partial charge in [0.2, 0.25) is 0 Å². The molecule has 0 spiro atoms. The number of H-pyrrole nitrogens is 1. The Bertz CT molecular complexity index is 1190. The fourth-order valence-electron chi connectivity index (χ4n) is 2.74. The highest BCUT2D eigenvalue weighted by molar-refractivity contribution is 7.92. The predicted molar refractivity (Wildman–Crippen MR) is 95.5 cm³/mol. The van der Waals surface area contributed by atoms with Gasteiger partial charge < -0.3 is 14.9 Å². The number of sulfonamides is 1. The van der Waals surface area contributed by atoms with Gasteiger partial charge in [-0.05, 0) is 49.4 Å². The lowest BCUT2D eigenvalue weighted by molar-refractivity contribution is -0.255. The Morgan fingerprint density at radius 2 is 1.85 bits per heavy atom. The molecule has 1 N–H and O–H groups in total. The lowest BCUT2D eigenvalue weighted by atomic mass is 10.1. The first-order valence-corrected chi connectivity index (χ1v) is 9.35. The van der Waals surface area contributed by atoms with Crippen molar-refractivity contribution in [1.29, 1.82) is 0 Å². The van der Waals surface area contributed by atoms with Crippen LogP contribution in [0.25, 0.3) is 10.9 Å². The van der Waals surface area contributed by atoms with E-state index in [9.17, 15) is 27.5 Å². The second-order valence-electron chi connectivity index (χ2n) is 5.67. The number of nitrogens with zero attached hydrogens (tertiary/aromatic N) is 1. The second-order valence-corrected chi connectivity index (χ2v) is 7.53. The van der Waals surface area contributed by atoms with Crippen molar-refractivity contribution in [2.45, 2.75) is 11.8 Å². The van der Waals surface area contributed by atoms with E-state index in [1.165, 1.54) is 24.3 Å². The highest BCUT2D eigenvalue weighted by Gasteiger charge is 2.24. The summed E-state index contributed by atoms with van der Waals surface area (Å²) in [6, 6.07) is 8.74. The molecule has 0 saturated heterocycles. The van der Waals surface area contributed by atoms with Crippen LogP contribution in [-0.2, 0) is 10.0 Å². The van der Waals surface area contributed by atoms with Crippen LogP contribution in [0.3, 0.4) is 0 Å². The number of hydrogen-bond acceptors (Lipinski definition) is 5. The summed E-state index contributed by atoms with van der Waals surface area (Å²) in [6.07, 6.45) is 1.00. The molecule has 0 atom stereocenters. The van der Waals surface area contributed by atoms with Crippen LogP contribution in [0.4, 0.5) is 10.1 Å². The Labute approximate surface area is 153 Å². The molecule has 0 aliphatic carbocycles. The zero-order valence-electron chi connectivity index (χ0n) is 14.1. The molecule has 0 unspecified atom stereocenters. The summed E-state index contributed by atoms with van der Waals surface area (Å²) in [5.41, 5.74) is -0.890. The van der Waals surface area contributed by atoms with Gasteiger partial charge in [0.1, 0.15) is 5.82 Å². The fourth-order valence-corrected chi connectivity index (χ4v) is 4.24. The summed E-state index contributed by atoms with van der Waals surface area (Å²) in [5.74, 6) is -2.16. The number of halogens is 1. The van der Waals surface area contributed by atoms with E-state index >= 15 is 0 Å². The van der Waals surface area contributed by atoms with Crippen molar-refractivity contribution in [3.05, 3.63) is 70.3 Å². The van der Waals surface area contributed by atoms with Gasteiger partial charge >= 0.3 is 0 Å². The lowest BCUT2D eigenvalue weighted by Gasteiger charge is -2.23.